The van der Waals surface area contributed by atoms with E-state index in [2.05, 4.69) is 5.32 Å². The van der Waals surface area contributed by atoms with Crippen molar-refractivity contribution in [1.29, 1.82) is 0 Å². The van der Waals surface area contributed by atoms with Crippen molar-refractivity contribution < 1.29 is 14.0 Å². The van der Waals surface area contributed by atoms with E-state index in [1.165, 1.54) is 12.3 Å². The Bertz CT molecular complexity index is 717. The molecule has 24 heavy (non-hydrogen) atoms. The van der Waals surface area contributed by atoms with E-state index in [1.807, 2.05) is 13.8 Å². The highest BCUT2D eigenvalue weighted by Crippen LogP contribution is 2.12. The minimum absolute atomic E-state index is 0.161. The fourth-order valence-electron chi connectivity index (χ4n) is 2.14. The number of furan rings is 1. The van der Waals surface area contributed by atoms with Crippen LogP contribution in [0.1, 0.15) is 30.0 Å². The Labute approximate surface area is 145 Å². The Kier molecular flexibility index (Phi) is 6.21. The second kappa shape index (κ2) is 8.36. The average Bonchev–Trinajstić information content (AvgIpc) is 3.09. The van der Waals surface area contributed by atoms with E-state index in [9.17, 15) is 9.59 Å². The summed E-state index contributed by atoms with van der Waals surface area (Å²) in [7, 11) is 0. The second-order valence-corrected chi connectivity index (χ2v) is 5.45. The first kappa shape index (κ1) is 17.8. The van der Waals surface area contributed by atoms with Crippen LogP contribution in [0, 0.1) is 0 Å². The van der Waals surface area contributed by atoms with Gasteiger partial charge in [0, 0.05) is 29.8 Å². The Hall–Kier alpha value is -2.53. The minimum Gasteiger partial charge on any atom is -0.465 e. The lowest BCUT2D eigenvalue weighted by atomic mass is 10.2. The van der Waals surface area contributed by atoms with E-state index in [0.29, 0.717) is 29.4 Å². The van der Waals surface area contributed by atoms with Crippen molar-refractivity contribution in [3.8, 4) is 0 Å². The van der Waals surface area contributed by atoms with Gasteiger partial charge in [-0.15, -0.1) is 0 Å². The van der Waals surface area contributed by atoms with Gasteiger partial charge in [-0.25, -0.2) is 0 Å². The third kappa shape index (κ3) is 4.49. The Morgan fingerprint density at radius 1 is 1.17 bits per heavy atom. The highest BCUT2D eigenvalue weighted by atomic mass is 35.5. The molecule has 0 aliphatic heterocycles. The topological polar surface area (TPSA) is 62.6 Å². The van der Waals surface area contributed by atoms with Gasteiger partial charge >= 0.3 is 0 Å². The maximum Gasteiger partial charge on any atom is 0.270 e. The van der Waals surface area contributed by atoms with Crippen LogP contribution in [0.2, 0.25) is 5.02 Å². The largest absolute Gasteiger partial charge is 0.465 e. The molecule has 0 saturated heterocycles. The highest BCUT2D eigenvalue weighted by Gasteiger charge is 2.19. The number of hydrogen-bond acceptors (Lipinski definition) is 3. The number of halogens is 1. The van der Waals surface area contributed by atoms with Crippen LogP contribution in [0.15, 0.2) is 52.8 Å². The Morgan fingerprint density at radius 2 is 1.83 bits per heavy atom. The molecule has 2 rings (SSSR count). The lowest BCUT2D eigenvalue weighted by Crippen LogP contribution is -2.38. The van der Waals surface area contributed by atoms with Crippen molar-refractivity contribution in [2.24, 2.45) is 0 Å². The number of carbonyl (C=O) groups is 2. The molecule has 0 saturated carbocycles. The van der Waals surface area contributed by atoms with Gasteiger partial charge in [-0.2, -0.15) is 0 Å². The summed E-state index contributed by atoms with van der Waals surface area (Å²) >= 11 is 5.83. The summed E-state index contributed by atoms with van der Waals surface area (Å²) in [6.45, 7) is 4.85. The lowest BCUT2D eigenvalue weighted by molar-refractivity contribution is -0.127. The van der Waals surface area contributed by atoms with Gasteiger partial charge in [-0.3, -0.25) is 9.59 Å². The molecule has 0 radical (unpaired) electrons. The van der Waals surface area contributed by atoms with Gasteiger partial charge < -0.3 is 14.6 Å². The zero-order chi connectivity index (χ0) is 17.5. The van der Waals surface area contributed by atoms with Crippen LogP contribution in [0.5, 0.6) is 0 Å². The molecule has 6 heteroatoms. The van der Waals surface area contributed by atoms with E-state index in [4.69, 9.17) is 16.0 Å². The smallest absolute Gasteiger partial charge is 0.270 e. The van der Waals surface area contributed by atoms with Crippen molar-refractivity contribution in [2.45, 2.75) is 13.8 Å². The van der Waals surface area contributed by atoms with E-state index < -0.39 is 0 Å². The highest BCUT2D eigenvalue weighted by molar-refractivity contribution is 6.30. The van der Waals surface area contributed by atoms with Crippen LogP contribution in [0.3, 0.4) is 0 Å². The number of likely N-dealkylation sites (N-methyl/N-ethyl adjacent to an activating group) is 1. The predicted octanol–water partition coefficient (Wildman–Crippen LogP) is 3.57. The standard InChI is InChI=1S/C18H19ClN2O3/c1-3-21(4-2)18(23)16(12-15-6-5-11-24-15)20-17(22)13-7-9-14(19)10-8-13/h5-12H,3-4H2,1-2H3,(H,20,22)/b16-12+. The SMILES string of the molecule is CCN(CC)C(=O)/C(=C\c1ccco1)NC(=O)c1ccc(Cl)cc1. The summed E-state index contributed by atoms with van der Waals surface area (Å²) in [5.74, 6) is -0.161. The van der Waals surface area contributed by atoms with Crippen molar-refractivity contribution in [3.63, 3.8) is 0 Å². The van der Waals surface area contributed by atoms with E-state index in [0.717, 1.165) is 0 Å². The zero-order valence-electron chi connectivity index (χ0n) is 13.6. The summed E-state index contributed by atoms with van der Waals surface area (Å²) in [5, 5.41) is 3.21. The number of amides is 2. The number of hydrogen-bond donors (Lipinski definition) is 1. The van der Waals surface area contributed by atoms with Crippen LogP contribution in [-0.2, 0) is 4.79 Å². The number of nitrogens with zero attached hydrogens (tertiary/aromatic N) is 1. The van der Waals surface area contributed by atoms with Gasteiger partial charge in [0.25, 0.3) is 11.8 Å². The van der Waals surface area contributed by atoms with E-state index >= 15 is 0 Å². The van der Waals surface area contributed by atoms with Crippen LogP contribution >= 0.6 is 11.6 Å². The van der Waals surface area contributed by atoms with Crippen LogP contribution in [0.25, 0.3) is 6.08 Å². The second-order valence-electron chi connectivity index (χ2n) is 5.01. The third-order valence-corrected chi connectivity index (χ3v) is 3.72. The lowest BCUT2D eigenvalue weighted by Gasteiger charge is -2.20. The first-order valence-corrected chi connectivity index (χ1v) is 8.04. The van der Waals surface area contributed by atoms with Gasteiger partial charge in [0.15, 0.2) is 0 Å². The molecule has 5 nitrogen and oxygen atoms in total. The minimum atomic E-state index is -0.384. The molecule has 126 valence electrons. The maximum atomic E-state index is 12.6. The monoisotopic (exact) mass is 346 g/mol. The predicted molar refractivity (Wildman–Crippen MR) is 93.5 cm³/mol. The molecule has 1 heterocycles. The van der Waals surface area contributed by atoms with Crippen molar-refractivity contribution in [2.75, 3.05) is 13.1 Å². The quantitative estimate of drug-likeness (QED) is 0.813. The molecule has 0 unspecified atom stereocenters. The molecule has 0 bridgehead atoms. The molecular formula is C18H19ClN2O3. The summed E-state index contributed by atoms with van der Waals surface area (Å²) < 4.78 is 5.25. The van der Waals surface area contributed by atoms with Gasteiger partial charge in [-0.05, 0) is 50.2 Å². The molecule has 0 aliphatic rings. The summed E-state index contributed by atoms with van der Waals surface area (Å²) in [6, 6.07) is 9.88. The summed E-state index contributed by atoms with van der Waals surface area (Å²) in [4.78, 5) is 26.7. The summed E-state index contributed by atoms with van der Waals surface area (Å²) in [6.07, 6.45) is 3.03. The number of rotatable bonds is 6. The first-order chi connectivity index (χ1) is 11.5. The third-order valence-electron chi connectivity index (χ3n) is 3.47. The number of nitrogens with one attached hydrogen (secondary N) is 1. The average molecular weight is 347 g/mol. The fourth-order valence-corrected chi connectivity index (χ4v) is 2.27. The van der Waals surface area contributed by atoms with Crippen LogP contribution < -0.4 is 5.32 Å². The first-order valence-electron chi connectivity index (χ1n) is 7.66. The Balaban J connectivity index is 2.27. The molecular weight excluding hydrogens is 328 g/mol. The summed E-state index contributed by atoms with van der Waals surface area (Å²) in [5.41, 5.74) is 0.575. The van der Waals surface area contributed by atoms with Gasteiger partial charge in [0.1, 0.15) is 11.5 Å². The maximum absolute atomic E-state index is 12.6. The van der Waals surface area contributed by atoms with Crippen LogP contribution in [0.4, 0.5) is 0 Å². The molecule has 1 aromatic carbocycles. The fraction of sp³-hybridized carbons (Fsp3) is 0.222. The molecule has 2 amide bonds. The molecule has 1 aromatic heterocycles. The number of benzene rings is 1. The number of carbonyl (C=O) groups excluding carboxylic acids is 2. The molecule has 1 N–H and O–H groups in total. The van der Waals surface area contributed by atoms with Gasteiger partial charge in [0.2, 0.25) is 0 Å². The van der Waals surface area contributed by atoms with Gasteiger partial charge in [0.05, 0.1) is 6.26 Å². The van der Waals surface area contributed by atoms with Crippen molar-refractivity contribution >= 4 is 29.5 Å². The molecule has 0 fully saturated rings. The zero-order valence-corrected chi connectivity index (χ0v) is 14.3. The molecule has 0 atom stereocenters. The molecule has 2 aromatic rings. The Morgan fingerprint density at radius 3 is 2.38 bits per heavy atom. The van der Waals surface area contributed by atoms with E-state index in [-0.39, 0.29) is 17.5 Å². The molecule has 0 aliphatic carbocycles. The van der Waals surface area contributed by atoms with Gasteiger partial charge in [-0.1, -0.05) is 11.6 Å². The van der Waals surface area contributed by atoms with Crippen molar-refractivity contribution in [1.82, 2.24) is 10.2 Å². The normalized spacial score (nSPS) is 11.2. The molecule has 0 spiro atoms. The van der Waals surface area contributed by atoms with Crippen LogP contribution in [-0.4, -0.2) is 29.8 Å². The van der Waals surface area contributed by atoms with Crippen molar-refractivity contribution in [3.05, 3.63) is 64.7 Å². The van der Waals surface area contributed by atoms with E-state index in [1.54, 1.807) is 41.3 Å².